The van der Waals surface area contributed by atoms with E-state index in [0.717, 1.165) is 31.2 Å². The van der Waals surface area contributed by atoms with Crippen LogP contribution in [0.4, 0.5) is 4.79 Å². The highest BCUT2D eigenvalue weighted by Gasteiger charge is 2.52. The van der Waals surface area contributed by atoms with Crippen LogP contribution in [0.1, 0.15) is 31.2 Å². The van der Waals surface area contributed by atoms with Gasteiger partial charge in [0.2, 0.25) is 0 Å². The molecule has 1 spiro atoms. The van der Waals surface area contributed by atoms with Gasteiger partial charge in [0, 0.05) is 18.5 Å². The van der Waals surface area contributed by atoms with Gasteiger partial charge in [-0.25, -0.2) is 4.79 Å². The Labute approximate surface area is 129 Å². The molecule has 1 N–H and O–H groups in total. The number of aliphatic carboxylic acids is 1. The van der Waals surface area contributed by atoms with Gasteiger partial charge in [0.05, 0.1) is 5.92 Å². The summed E-state index contributed by atoms with van der Waals surface area (Å²) in [5.41, 5.74) is 0.692. The lowest BCUT2D eigenvalue weighted by Crippen LogP contribution is -2.32. The summed E-state index contributed by atoms with van der Waals surface area (Å²) in [5, 5.41) is 9.47. The molecule has 2 aliphatic rings. The van der Waals surface area contributed by atoms with E-state index in [1.807, 2.05) is 30.3 Å². The van der Waals surface area contributed by atoms with Gasteiger partial charge in [0.1, 0.15) is 6.61 Å². The zero-order valence-electron chi connectivity index (χ0n) is 12.5. The zero-order valence-corrected chi connectivity index (χ0v) is 12.5. The number of likely N-dealkylation sites (tertiary alicyclic amines) is 1. The fourth-order valence-electron chi connectivity index (χ4n) is 3.84. The number of carboxylic acid groups (broad SMARTS) is 1. The second-order valence-electron chi connectivity index (χ2n) is 6.38. The van der Waals surface area contributed by atoms with E-state index in [1.54, 1.807) is 4.90 Å². The molecule has 0 bridgehead atoms. The van der Waals surface area contributed by atoms with Crippen LogP contribution in [0.2, 0.25) is 0 Å². The minimum absolute atomic E-state index is 0.223. The maximum atomic E-state index is 12.2. The summed E-state index contributed by atoms with van der Waals surface area (Å²) < 4.78 is 5.34. The predicted octanol–water partition coefficient (Wildman–Crippen LogP) is 2.90. The Morgan fingerprint density at radius 3 is 2.55 bits per heavy atom. The molecular formula is C17H21NO4. The van der Waals surface area contributed by atoms with Gasteiger partial charge in [-0.3, -0.25) is 4.79 Å². The SMILES string of the molecule is O=C(O)C1CN(C(=O)OCc2ccccc2)CC12CCCC2. The van der Waals surface area contributed by atoms with Gasteiger partial charge in [-0.2, -0.15) is 0 Å². The largest absolute Gasteiger partial charge is 0.481 e. The van der Waals surface area contributed by atoms with Crippen LogP contribution in [0.5, 0.6) is 0 Å². The Balaban J connectivity index is 1.63. The van der Waals surface area contributed by atoms with E-state index in [0.29, 0.717) is 6.54 Å². The van der Waals surface area contributed by atoms with Crippen LogP contribution in [0.25, 0.3) is 0 Å². The van der Waals surface area contributed by atoms with Crippen molar-refractivity contribution in [2.45, 2.75) is 32.3 Å². The maximum Gasteiger partial charge on any atom is 0.410 e. The molecule has 1 aliphatic heterocycles. The summed E-state index contributed by atoms with van der Waals surface area (Å²) in [6, 6.07) is 9.50. The first-order valence-corrected chi connectivity index (χ1v) is 7.79. The summed E-state index contributed by atoms with van der Waals surface area (Å²) in [6.07, 6.45) is 3.49. The van der Waals surface area contributed by atoms with E-state index in [1.165, 1.54) is 0 Å². The highest BCUT2D eigenvalue weighted by Crippen LogP contribution is 2.49. The molecule has 118 valence electrons. The minimum Gasteiger partial charge on any atom is -0.481 e. The molecule has 1 saturated heterocycles. The Morgan fingerprint density at radius 1 is 1.23 bits per heavy atom. The molecule has 3 rings (SSSR count). The summed E-state index contributed by atoms with van der Waals surface area (Å²) >= 11 is 0. The molecule has 1 saturated carbocycles. The topological polar surface area (TPSA) is 66.8 Å². The zero-order chi connectivity index (χ0) is 15.6. The van der Waals surface area contributed by atoms with E-state index >= 15 is 0 Å². The summed E-state index contributed by atoms with van der Waals surface area (Å²) in [5.74, 6) is -1.25. The van der Waals surface area contributed by atoms with Crippen LogP contribution in [0.3, 0.4) is 0 Å². The van der Waals surface area contributed by atoms with Gasteiger partial charge in [-0.05, 0) is 18.4 Å². The van der Waals surface area contributed by atoms with E-state index in [-0.39, 0.29) is 18.6 Å². The van der Waals surface area contributed by atoms with E-state index < -0.39 is 18.0 Å². The number of benzene rings is 1. The Morgan fingerprint density at radius 2 is 1.91 bits per heavy atom. The average molecular weight is 303 g/mol. The van der Waals surface area contributed by atoms with Crippen molar-refractivity contribution in [3.8, 4) is 0 Å². The number of carboxylic acids is 1. The number of amides is 1. The smallest absolute Gasteiger partial charge is 0.410 e. The van der Waals surface area contributed by atoms with Crippen molar-refractivity contribution in [1.82, 2.24) is 4.90 Å². The van der Waals surface area contributed by atoms with E-state index in [4.69, 9.17) is 4.74 Å². The highest BCUT2D eigenvalue weighted by molar-refractivity contribution is 5.75. The lowest BCUT2D eigenvalue weighted by molar-refractivity contribution is -0.144. The normalized spacial score (nSPS) is 22.9. The molecule has 1 aromatic carbocycles. The molecule has 1 unspecified atom stereocenters. The third-order valence-corrected chi connectivity index (χ3v) is 5.01. The molecule has 2 fully saturated rings. The number of hydrogen-bond acceptors (Lipinski definition) is 3. The Bertz CT molecular complexity index is 551. The molecular weight excluding hydrogens is 282 g/mol. The summed E-state index contributed by atoms with van der Waals surface area (Å²) in [7, 11) is 0. The van der Waals surface area contributed by atoms with Crippen molar-refractivity contribution >= 4 is 12.1 Å². The molecule has 1 amide bonds. The lowest BCUT2D eigenvalue weighted by Gasteiger charge is -2.26. The number of carbonyl (C=O) groups excluding carboxylic acids is 1. The van der Waals surface area contributed by atoms with Crippen LogP contribution in [0.15, 0.2) is 30.3 Å². The third kappa shape index (κ3) is 2.80. The van der Waals surface area contributed by atoms with Gasteiger partial charge in [0.15, 0.2) is 0 Å². The van der Waals surface area contributed by atoms with Crippen LogP contribution in [0, 0.1) is 11.3 Å². The first-order valence-electron chi connectivity index (χ1n) is 7.79. The van der Waals surface area contributed by atoms with Crippen molar-refractivity contribution in [3.63, 3.8) is 0 Å². The number of rotatable bonds is 3. The summed E-state index contributed by atoms with van der Waals surface area (Å²) in [6.45, 7) is 1.00. The molecule has 1 aliphatic carbocycles. The van der Waals surface area contributed by atoms with Crippen LogP contribution in [-0.4, -0.2) is 35.2 Å². The number of hydrogen-bond donors (Lipinski definition) is 1. The Hall–Kier alpha value is -2.04. The Kier molecular flexibility index (Phi) is 4.05. The van der Waals surface area contributed by atoms with Crippen molar-refractivity contribution in [2.24, 2.45) is 11.3 Å². The van der Waals surface area contributed by atoms with Gasteiger partial charge in [0.25, 0.3) is 0 Å². The minimum atomic E-state index is -0.791. The van der Waals surface area contributed by atoms with Crippen LogP contribution >= 0.6 is 0 Å². The third-order valence-electron chi connectivity index (χ3n) is 5.01. The van der Waals surface area contributed by atoms with Gasteiger partial charge in [-0.15, -0.1) is 0 Å². The van der Waals surface area contributed by atoms with Crippen LogP contribution < -0.4 is 0 Å². The van der Waals surface area contributed by atoms with E-state index in [9.17, 15) is 14.7 Å². The lowest BCUT2D eigenvalue weighted by atomic mass is 9.77. The molecule has 22 heavy (non-hydrogen) atoms. The average Bonchev–Trinajstić information content (AvgIpc) is 3.14. The fourth-order valence-corrected chi connectivity index (χ4v) is 3.84. The summed E-state index contributed by atoms with van der Waals surface area (Å²) in [4.78, 5) is 25.3. The molecule has 5 nitrogen and oxygen atoms in total. The number of ether oxygens (including phenoxy) is 1. The second kappa shape index (κ2) is 5.99. The quantitative estimate of drug-likeness (QED) is 0.932. The molecule has 1 aromatic rings. The molecule has 0 aromatic heterocycles. The van der Waals surface area contributed by atoms with Crippen molar-refractivity contribution < 1.29 is 19.4 Å². The second-order valence-corrected chi connectivity index (χ2v) is 6.38. The first kappa shape index (κ1) is 14.9. The van der Waals surface area contributed by atoms with E-state index in [2.05, 4.69) is 0 Å². The monoisotopic (exact) mass is 303 g/mol. The van der Waals surface area contributed by atoms with Gasteiger partial charge >= 0.3 is 12.1 Å². The predicted molar refractivity (Wildman–Crippen MR) is 80.2 cm³/mol. The van der Waals surface area contributed by atoms with Crippen molar-refractivity contribution in [1.29, 1.82) is 0 Å². The van der Waals surface area contributed by atoms with Crippen LogP contribution in [-0.2, 0) is 16.1 Å². The van der Waals surface area contributed by atoms with Gasteiger partial charge < -0.3 is 14.7 Å². The molecule has 1 heterocycles. The maximum absolute atomic E-state index is 12.2. The van der Waals surface area contributed by atoms with Crippen molar-refractivity contribution in [2.75, 3.05) is 13.1 Å². The van der Waals surface area contributed by atoms with Crippen molar-refractivity contribution in [3.05, 3.63) is 35.9 Å². The standard InChI is InChI=1S/C17H21NO4/c19-15(20)14-10-18(12-17(14)8-4-5-9-17)16(21)22-11-13-6-2-1-3-7-13/h1-3,6-7,14H,4-5,8-12H2,(H,19,20). The number of nitrogens with zero attached hydrogens (tertiary/aromatic N) is 1. The first-order chi connectivity index (χ1) is 10.6. The fraction of sp³-hybridized carbons (Fsp3) is 0.529. The molecule has 0 radical (unpaired) electrons. The number of carbonyl (C=O) groups is 2. The molecule has 5 heteroatoms. The molecule has 1 atom stereocenters. The van der Waals surface area contributed by atoms with Gasteiger partial charge in [-0.1, -0.05) is 43.2 Å². The highest BCUT2D eigenvalue weighted by atomic mass is 16.6.